The van der Waals surface area contributed by atoms with Crippen molar-refractivity contribution in [2.75, 3.05) is 5.88 Å². The molecule has 2 N–H and O–H groups in total. The minimum Gasteiger partial charge on any atom is -0.385 e. The normalized spacial score (nSPS) is 14.2. The predicted octanol–water partition coefficient (Wildman–Crippen LogP) is 3.01. The van der Waals surface area contributed by atoms with Crippen LogP contribution >= 0.6 is 11.6 Å². The summed E-state index contributed by atoms with van der Waals surface area (Å²) in [6, 6.07) is -0.126. The summed E-state index contributed by atoms with van der Waals surface area (Å²) in [5, 5.41) is 0. The number of alkyl halides is 7. The van der Waals surface area contributed by atoms with Crippen molar-refractivity contribution in [2.45, 2.75) is 17.2 Å². The lowest BCUT2D eigenvalue weighted by Crippen LogP contribution is -2.17. The second-order valence-electron chi connectivity index (χ2n) is 3.93. The van der Waals surface area contributed by atoms with Crippen LogP contribution in [0.2, 0.25) is 0 Å². The molecular formula is C10H7ClF6N2O2S. The monoisotopic (exact) mass is 368 g/mol. The van der Waals surface area contributed by atoms with E-state index in [1.54, 1.807) is 0 Å². The average Bonchev–Trinajstić information content (AvgIpc) is 2.35. The van der Waals surface area contributed by atoms with Crippen LogP contribution in [-0.4, -0.2) is 20.1 Å². The van der Waals surface area contributed by atoms with E-state index >= 15 is 0 Å². The summed E-state index contributed by atoms with van der Waals surface area (Å²) in [6.45, 7) is 0. The zero-order valence-electron chi connectivity index (χ0n) is 10.3. The highest BCUT2D eigenvalue weighted by atomic mass is 35.5. The average molecular weight is 369 g/mol. The molecule has 1 aromatic rings. The molecule has 0 aliphatic rings. The number of hydrogen-bond donors (Lipinski definition) is 1. The minimum atomic E-state index is -5.17. The molecule has 0 bridgehead atoms. The van der Waals surface area contributed by atoms with Gasteiger partial charge in [0.1, 0.15) is 5.84 Å². The molecule has 0 heterocycles. The molecule has 0 aliphatic carbocycles. The molecule has 0 fully saturated rings. The number of nitrogens with two attached hydrogens (primary N) is 1. The van der Waals surface area contributed by atoms with Gasteiger partial charge in [0.05, 0.1) is 21.9 Å². The number of benzene rings is 1. The van der Waals surface area contributed by atoms with Crippen molar-refractivity contribution in [3.05, 3.63) is 29.3 Å². The van der Waals surface area contributed by atoms with Crippen LogP contribution < -0.4 is 5.73 Å². The van der Waals surface area contributed by atoms with Crippen LogP contribution in [-0.2, 0) is 22.4 Å². The topological polar surface area (TPSA) is 72.5 Å². The van der Waals surface area contributed by atoms with Gasteiger partial charge < -0.3 is 5.73 Å². The molecule has 0 spiro atoms. The van der Waals surface area contributed by atoms with Gasteiger partial charge in [-0.1, -0.05) is 0 Å². The Morgan fingerprint density at radius 3 is 1.77 bits per heavy atom. The molecule has 124 valence electrons. The van der Waals surface area contributed by atoms with Crippen LogP contribution in [0, 0.1) is 0 Å². The molecule has 1 aromatic carbocycles. The van der Waals surface area contributed by atoms with Crippen LogP contribution in [0.1, 0.15) is 11.1 Å². The van der Waals surface area contributed by atoms with E-state index in [0.29, 0.717) is 0 Å². The van der Waals surface area contributed by atoms with Crippen molar-refractivity contribution in [1.82, 2.24) is 0 Å². The highest BCUT2D eigenvalue weighted by molar-refractivity contribution is 7.90. The molecule has 0 aromatic heterocycles. The summed E-state index contributed by atoms with van der Waals surface area (Å²) >= 11 is 5.17. The first-order chi connectivity index (χ1) is 9.77. The van der Waals surface area contributed by atoms with E-state index in [-0.39, 0.29) is 18.2 Å². The van der Waals surface area contributed by atoms with Crippen LogP contribution in [0.3, 0.4) is 0 Å². The molecule has 0 radical (unpaired) electrons. The van der Waals surface area contributed by atoms with Crippen molar-refractivity contribution in [3.63, 3.8) is 0 Å². The van der Waals surface area contributed by atoms with Gasteiger partial charge in [-0.3, -0.25) is 0 Å². The van der Waals surface area contributed by atoms with Crippen LogP contribution in [0.25, 0.3) is 0 Å². The Labute approximate surface area is 125 Å². The molecule has 12 heteroatoms. The first-order valence-electron chi connectivity index (χ1n) is 5.22. The quantitative estimate of drug-likeness (QED) is 0.386. The molecule has 0 saturated heterocycles. The fraction of sp³-hybridized carbons (Fsp3) is 0.300. The Balaban J connectivity index is 3.62. The lowest BCUT2D eigenvalue weighted by atomic mass is 10.1. The maximum absolute atomic E-state index is 12.6. The highest BCUT2D eigenvalue weighted by Crippen LogP contribution is 2.37. The zero-order valence-corrected chi connectivity index (χ0v) is 11.9. The summed E-state index contributed by atoms with van der Waals surface area (Å²) in [5.41, 5.74) is 1.48. The van der Waals surface area contributed by atoms with Crippen molar-refractivity contribution in [3.8, 4) is 0 Å². The molecular weight excluding hydrogens is 362 g/mol. The Kier molecular flexibility index (Phi) is 5.02. The molecule has 0 saturated carbocycles. The molecule has 0 aliphatic heterocycles. The highest BCUT2D eigenvalue weighted by Gasteiger charge is 2.38. The van der Waals surface area contributed by atoms with Gasteiger partial charge in [0, 0.05) is 0 Å². The van der Waals surface area contributed by atoms with Gasteiger partial charge in [-0.2, -0.15) is 34.8 Å². The lowest BCUT2D eigenvalue weighted by molar-refractivity contribution is -0.143. The first-order valence-corrected chi connectivity index (χ1v) is 7.19. The summed E-state index contributed by atoms with van der Waals surface area (Å²) in [5.74, 6) is -1.24. The summed E-state index contributed by atoms with van der Waals surface area (Å²) < 4.78 is 102. The fourth-order valence-corrected chi connectivity index (χ4v) is 2.47. The van der Waals surface area contributed by atoms with E-state index in [0.717, 1.165) is 0 Å². The van der Waals surface area contributed by atoms with Crippen LogP contribution in [0.15, 0.2) is 27.5 Å². The first kappa shape index (κ1) is 18.6. The number of nitrogens with zero attached hydrogens (tertiary/aromatic N) is 1. The Hall–Kier alpha value is -1.49. The molecule has 0 atom stereocenters. The summed E-state index contributed by atoms with van der Waals surface area (Å²) in [7, 11) is -4.86. The Morgan fingerprint density at radius 1 is 1.05 bits per heavy atom. The van der Waals surface area contributed by atoms with E-state index in [1.807, 2.05) is 0 Å². The van der Waals surface area contributed by atoms with E-state index < -0.39 is 50.1 Å². The van der Waals surface area contributed by atoms with Gasteiger partial charge in [-0.15, -0.1) is 16.0 Å². The predicted molar refractivity (Wildman–Crippen MR) is 66.0 cm³/mol. The van der Waals surface area contributed by atoms with Gasteiger partial charge in [0.2, 0.25) is 0 Å². The standard InChI is InChI=1S/C10H7ClF6N2O2S/c11-4-8(18)19-22(20,21)7-2-5(9(12,13)14)1-6(3-7)10(15,16)17/h1-3H,4H2,(H2,18,19). The number of amidine groups is 1. The van der Waals surface area contributed by atoms with Crippen LogP contribution in [0.5, 0.6) is 0 Å². The van der Waals surface area contributed by atoms with Gasteiger partial charge in [0.25, 0.3) is 10.0 Å². The Bertz CT molecular complexity index is 664. The van der Waals surface area contributed by atoms with Crippen molar-refractivity contribution in [2.24, 2.45) is 10.1 Å². The Morgan fingerprint density at radius 2 is 1.45 bits per heavy atom. The zero-order chi connectivity index (χ0) is 17.3. The SMILES string of the molecule is NC(CCl)=NS(=O)(=O)c1cc(C(F)(F)F)cc(C(F)(F)F)c1. The maximum atomic E-state index is 12.6. The summed E-state index contributed by atoms with van der Waals surface area (Å²) in [6.07, 6.45) is -10.3. The minimum absolute atomic E-state index is 0.0373. The van der Waals surface area contributed by atoms with E-state index in [1.165, 1.54) is 0 Å². The second kappa shape index (κ2) is 5.95. The third-order valence-corrected chi connectivity index (χ3v) is 3.81. The number of halogens is 7. The second-order valence-corrected chi connectivity index (χ2v) is 5.80. The van der Waals surface area contributed by atoms with Gasteiger partial charge in [-0.25, -0.2) is 0 Å². The fourth-order valence-electron chi connectivity index (χ4n) is 1.31. The molecule has 1 rings (SSSR count). The van der Waals surface area contributed by atoms with E-state index in [2.05, 4.69) is 4.40 Å². The smallest absolute Gasteiger partial charge is 0.385 e. The summed E-state index contributed by atoms with van der Waals surface area (Å²) in [4.78, 5) is -1.29. The lowest BCUT2D eigenvalue weighted by Gasteiger charge is -2.13. The molecule has 0 unspecified atom stereocenters. The maximum Gasteiger partial charge on any atom is 0.416 e. The van der Waals surface area contributed by atoms with E-state index in [9.17, 15) is 34.8 Å². The van der Waals surface area contributed by atoms with Crippen molar-refractivity contribution in [1.29, 1.82) is 0 Å². The van der Waals surface area contributed by atoms with Crippen molar-refractivity contribution < 1.29 is 34.8 Å². The largest absolute Gasteiger partial charge is 0.416 e. The van der Waals surface area contributed by atoms with Gasteiger partial charge in [0.15, 0.2) is 0 Å². The number of hydrogen-bond acceptors (Lipinski definition) is 2. The van der Waals surface area contributed by atoms with Crippen LogP contribution in [0.4, 0.5) is 26.3 Å². The van der Waals surface area contributed by atoms with Crippen molar-refractivity contribution >= 4 is 27.5 Å². The third-order valence-electron chi connectivity index (χ3n) is 2.23. The molecule has 4 nitrogen and oxygen atoms in total. The van der Waals surface area contributed by atoms with Gasteiger partial charge >= 0.3 is 12.4 Å². The molecule has 22 heavy (non-hydrogen) atoms. The number of rotatable bonds is 3. The molecule has 0 amide bonds. The number of sulfonamides is 1. The third kappa shape index (κ3) is 4.50. The van der Waals surface area contributed by atoms with E-state index in [4.69, 9.17) is 17.3 Å². The van der Waals surface area contributed by atoms with Gasteiger partial charge in [-0.05, 0) is 18.2 Å².